The van der Waals surface area contributed by atoms with Gasteiger partial charge in [0.1, 0.15) is 0 Å². The Bertz CT molecular complexity index is 848. The van der Waals surface area contributed by atoms with Crippen molar-refractivity contribution < 1.29 is 9.59 Å². The first-order valence-electron chi connectivity index (χ1n) is 10.8. The third-order valence-electron chi connectivity index (χ3n) is 6.58. The van der Waals surface area contributed by atoms with E-state index < -0.39 is 0 Å². The third kappa shape index (κ3) is 4.36. The fourth-order valence-electron chi connectivity index (χ4n) is 4.73. The largest absolute Gasteiger partial charge is 0.342 e. The summed E-state index contributed by atoms with van der Waals surface area (Å²) in [6.07, 6.45) is 3.63. The molecule has 2 amide bonds. The first-order chi connectivity index (χ1) is 14.1. The topological polar surface area (TPSA) is 40.6 Å². The molecule has 2 aromatic rings. The molecule has 0 aliphatic carbocycles. The molecule has 2 aliphatic rings. The van der Waals surface area contributed by atoms with E-state index in [1.807, 2.05) is 36.1 Å². The van der Waals surface area contributed by atoms with Crippen molar-refractivity contribution in [3.05, 3.63) is 71.3 Å². The van der Waals surface area contributed by atoms with Gasteiger partial charge in [-0.2, -0.15) is 0 Å². The minimum Gasteiger partial charge on any atom is -0.342 e. The van der Waals surface area contributed by atoms with Crippen LogP contribution in [0.2, 0.25) is 0 Å². The van der Waals surface area contributed by atoms with Gasteiger partial charge in [0.25, 0.3) is 5.91 Å². The van der Waals surface area contributed by atoms with Gasteiger partial charge in [-0.05, 0) is 55.7 Å². The van der Waals surface area contributed by atoms with E-state index in [0.29, 0.717) is 24.9 Å². The number of rotatable bonds is 3. The van der Waals surface area contributed by atoms with Gasteiger partial charge in [-0.15, -0.1) is 0 Å². The Morgan fingerprint density at radius 1 is 0.759 bits per heavy atom. The number of carbonyl (C=O) groups excluding carboxylic acids is 2. The Kier molecular flexibility index (Phi) is 5.98. The molecule has 2 fully saturated rings. The first kappa shape index (κ1) is 19.7. The molecule has 0 radical (unpaired) electrons. The van der Waals surface area contributed by atoms with E-state index in [0.717, 1.165) is 49.9 Å². The molecule has 0 unspecified atom stereocenters. The summed E-state index contributed by atoms with van der Waals surface area (Å²) in [5, 5.41) is 0. The van der Waals surface area contributed by atoms with Crippen molar-refractivity contribution >= 4 is 11.8 Å². The molecule has 4 rings (SSSR count). The third-order valence-corrected chi connectivity index (χ3v) is 6.58. The minimum absolute atomic E-state index is 0.0594. The smallest absolute Gasteiger partial charge is 0.254 e. The summed E-state index contributed by atoms with van der Waals surface area (Å²) in [6, 6.07) is 18.4. The SMILES string of the molecule is Cc1ccccc1C(=O)N1CCC(C(=O)N2CCC(c3ccccc3)CC2)CC1. The Balaban J connectivity index is 1.28. The average molecular weight is 391 g/mol. The van der Waals surface area contributed by atoms with E-state index in [9.17, 15) is 9.59 Å². The van der Waals surface area contributed by atoms with Gasteiger partial charge in [0.2, 0.25) is 5.91 Å². The molecule has 0 aromatic heterocycles. The number of benzene rings is 2. The second-order valence-electron chi connectivity index (χ2n) is 8.39. The number of likely N-dealkylation sites (tertiary alicyclic amines) is 2. The van der Waals surface area contributed by atoms with Crippen LogP contribution >= 0.6 is 0 Å². The van der Waals surface area contributed by atoms with E-state index in [4.69, 9.17) is 0 Å². The van der Waals surface area contributed by atoms with Crippen LogP contribution in [-0.2, 0) is 4.79 Å². The predicted octanol–water partition coefficient (Wildman–Crippen LogP) is 4.25. The lowest BCUT2D eigenvalue weighted by molar-refractivity contribution is -0.138. The summed E-state index contributed by atoms with van der Waals surface area (Å²) in [5.41, 5.74) is 3.18. The molecule has 2 aromatic carbocycles. The summed E-state index contributed by atoms with van der Waals surface area (Å²) < 4.78 is 0. The van der Waals surface area contributed by atoms with Crippen molar-refractivity contribution in [2.45, 2.75) is 38.5 Å². The molecule has 2 aliphatic heterocycles. The van der Waals surface area contributed by atoms with Crippen LogP contribution in [0.4, 0.5) is 0 Å². The van der Waals surface area contributed by atoms with E-state index >= 15 is 0 Å². The molecule has 29 heavy (non-hydrogen) atoms. The molecule has 0 saturated carbocycles. The Morgan fingerprint density at radius 2 is 1.34 bits per heavy atom. The molecule has 0 N–H and O–H groups in total. The van der Waals surface area contributed by atoms with Crippen LogP contribution in [0, 0.1) is 12.8 Å². The molecule has 2 heterocycles. The highest BCUT2D eigenvalue weighted by Gasteiger charge is 2.32. The zero-order chi connectivity index (χ0) is 20.2. The number of piperidine rings is 2. The molecular formula is C25H30N2O2. The first-order valence-corrected chi connectivity index (χ1v) is 10.8. The molecular weight excluding hydrogens is 360 g/mol. The van der Waals surface area contributed by atoms with Gasteiger partial charge in [0, 0.05) is 37.7 Å². The number of hydrogen-bond acceptors (Lipinski definition) is 2. The van der Waals surface area contributed by atoms with Gasteiger partial charge in [-0.1, -0.05) is 48.5 Å². The number of nitrogens with zero attached hydrogens (tertiary/aromatic N) is 2. The van der Waals surface area contributed by atoms with Gasteiger partial charge in [0.15, 0.2) is 0 Å². The fourth-order valence-corrected chi connectivity index (χ4v) is 4.73. The highest BCUT2D eigenvalue weighted by molar-refractivity contribution is 5.95. The van der Waals surface area contributed by atoms with Crippen molar-refractivity contribution in [3.63, 3.8) is 0 Å². The van der Waals surface area contributed by atoms with E-state index in [2.05, 4.69) is 35.2 Å². The van der Waals surface area contributed by atoms with Crippen LogP contribution in [0.15, 0.2) is 54.6 Å². The van der Waals surface area contributed by atoms with Crippen LogP contribution in [0.3, 0.4) is 0 Å². The number of aryl methyl sites for hydroxylation is 1. The lowest BCUT2D eigenvalue weighted by atomic mass is 9.88. The molecule has 0 spiro atoms. The quantitative estimate of drug-likeness (QED) is 0.786. The zero-order valence-electron chi connectivity index (χ0n) is 17.2. The van der Waals surface area contributed by atoms with Gasteiger partial charge < -0.3 is 9.80 Å². The highest BCUT2D eigenvalue weighted by atomic mass is 16.2. The van der Waals surface area contributed by atoms with Crippen molar-refractivity contribution in [1.29, 1.82) is 0 Å². The van der Waals surface area contributed by atoms with Gasteiger partial charge >= 0.3 is 0 Å². The predicted molar refractivity (Wildman–Crippen MR) is 115 cm³/mol. The fraction of sp³-hybridized carbons (Fsp3) is 0.440. The summed E-state index contributed by atoms with van der Waals surface area (Å²) in [6.45, 7) is 5.01. The van der Waals surface area contributed by atoms with E-state index in [-0.39, 0.29) is 11.8 Å². The monoisotopic (exact) mass is 390 g/mol. The maximum Gasteiger partial charge on any atom is 0.254 e. The summed E-state index contributed by atoms with van der Waals surface area (Å²) in [7, 11) is 0. The number of carbonyl (C=O) groups is 2. The van der Waals surface area contributed by atoms with E-state index in [1.54, 1.807) is 0 Å². The van der Waals surface area contributed by atoms with E-state index in [1.165, 1.54) is 5.56 Å². The lowest BCUT2D eigenvalue weighted by Gasteiger charge is -2.37. The Labute approximate surface area is 173 Å². The van der Waals surface area contributed by atoms with Crippen molar-refractivity contribution in [1.82, 2.24) is 9.80 Å². The molecule has 4 heteroatoms. The van der Waals surface area contributed by atoms with Crippen molar-refractivity contribution in [2.24, 2.45) is 5.92 Å². The number of amides is 2. The van der Waals surface area contributed by atoms with Crippen LogP contribution in [-0.4, -0.2) is 47.8 Å². The number of hydrogen-bond donors (Lipinski definition) is 0. The average Bonchev–Trinajstić information content (AvgIpc) is 2.79. The standard InChI is InChI=1S/C25H30N2O2/c1-19-7-5-6-10-23(19)25(29)27-17-13-22(14-18-27)24(28)26-15-11-21(12-16-26)20-8-3-2-4-9-20/h2-10,21-22H,11-18H2,1H3. The normalized spacial score (nSPS) is 18.7. The molecule has 0 atom stereocenters. The summed E-state index contributed by atoms with van der Waals surface area (Å²) >= 11 is 0. The molecule has 0 bridgehead atoms. The molecule has 152 valence electrons. The van der Waals surface area contributed by atoms with Gasteiger partial charge in [-0.25, -0.2) is 0 Å². The summed E-state index contributed by atoms with van der Waals surface area (Å²) in [4.78, 5) is 29.8. The van der Waals surface area contributed by atoms with Crippen LogP contribution < -0.4 is 0 Å². The maximum atomic E-state index is 13.0. The van der Waals surface area contributed by atoms with Crippen molar-refractivity contribution in [3.8, 4) is 0 Å². The Morgan fingerprint density at radius 3 is 2.00 bits per heavy atom. The van der Waals surface area contributed by atoms with Gasteiger partial charge in [0.05, 0.1) is 0 Å². The van der Waals surface area contributed by atoms with Crippen LogP contribution in [0.5, 0.6) is 0 Å². The Hall–Kier alpha value is -2.62. The van der Waals surface area contributed by atoms with Gasteiger partial charge in [-0.3, -0.25) is 9.59 Å². The second kappa shape index (κ2) is 8.81. The van der Waals surface area contributed by atoms with Crippen LogP contribution in [0.25, 0.3) is 0 Å². The lowest BCUT2D eigenvalue weighted by Crippen LogP contribution is -2.46. The van der Waals surface area contributed by atoms with Crippen LogP contribution in [0.1, 0.15) is 53.1 Å². The second-order valence-corrected chi connectivity index (χ2v) is 8.39. The zero-order valence-corrected chi connectivity index (χ0v) is 17.2. The molecule has 2 saturated heterocycles. The molecule has 4 nitrogen and oxygen atoms in total. The minimum atomic E-state index is 0.0594. The van der Waals surface area contributed by atoms with Crippen molar-refractivity contribution in [2.75, 3.05) is 26.2 Å². The highest BCUT2D eigenvalue weighted by Crippen LogP contribution is 2.30. The maximum absolute atomic E-state index is 13.0. The summed E-state index contributed by atoms with van der Waals surface area (Å²) in [5.74, 6) is 1.01.